The van der Waals surface area contributed by atoms with Crippen molar-refractivity contribution in [2.24, 2.45) is 5.92 Å². The number of carbonyl (C=O) groups excluding carboxylic acids is 1. The predicted octanol–water partition coefficient (Wildman–Crippen LogP) is 0.0924. The molecule has 0 bridgehead atoms. The quantitative estimate of drug-likeness (QED) is 0.757. The molecule has 2 N–H and O–H groups in total. The molecule has 2 heterocycles. The molecule has 0 atom stereocenters. The molecule has 0 radical (unpaired) electrons. The lowest BCUT2D eigenvalue weighted by molar-refractivity contribution is -0.125. The van der Waals surface area contributed by atoms with Crippen LogP contribution in [0.1, 0.15) is 18.7 Å². The zero-order chi connectivity index (χ0) is 11.2. The first-order valence-corrected chi connectivity index (χ1v) is 5.60. The van der Waals surface area contributed by atoms with Crippen LogP contribution in [0.4, 0.5) is 0 Å². The monoisotopic (exact) mass is 220 g/mol. The number of amides is 1. The van der Waals surface area contributed by atoms with E-state index in [9.17, 15) is 4.79 Å². The average Bonchev–Trinajstić information content (AvgIpc) is 2.38. The largest absolute Gasteiger partial charge is 0.349 e. The molecule has 0 unspecified atom stereocenters. The fourth-order valence-corrected chi connectivity index (χ4v) is 1.82. The Morgan fingerprint density at radius 1 is 1.38 bits per heavy atom. The van der Waals surface area contributed by atoms with E-state index in [-0.39, 0.29) is 11.8 Å². The maximum atomic E-state index is 11.8. The normalized spacial score (nSPS) is 17.0. The van der Waals surface area contributed by atoms with Gasteiger partial charge in [-0.2, -0.15) is 0 Å². The lowest BCUT2D eigenvalue weighted by Crippen LogP contribution is -2.38. The predicted molar refractivity (Wildman–Crippen MR) is 59.5 cm³/mol. The van der Waals surface area contributed by atoms with Gasteiger partial charge < -0.3 is 10.6 Å². The summed E-state index contributed by atoms with van der Waals surface area (Å²) >= 11 is 0. The summed E-state index contributed by atoms with van der Waals surface area (Å²) in [6.07, 6.45) is 5.20. The van der Waals surface area contributed by atoms with E-state index < -0.39 is 0 Å². The first kappa shape index (κ1) is 11.0. The van der Waals surface area contributed by atoms with Gasteiger partial charge in [-0.1, -0.05) is 0 Å². The molecule has 1 fully saturated rings. The lowest BCUT2D eigenvalue weighted by atomic mass is 9.97. The van der Waals surface area contributed by atoms with Crippen LogP contribution in [0.3, 0.4) is 0 Å². The lowest BCUT2D eigenvalue weighted by Gasteiger charge is -2.21. The Hall–Kier alpha value is -1.49. The van der Waals surface area contributed by atoms with Gasteiger partial charge in [-0.3, -0.25) is 4.79 Å². The number of piperidine rings is 1. The summed E-state index contributed by atoms with van der Waals surface area (Å²) in [6, 6.07) is 1.76. The molecular weight excluding hydrogens is 204 g/mol. The minimum atomic E-state index is 0.119. The van der Waals surface area contributed by atoms with E-state index in [4.69, 9.17) is 0 Å². The Bertz CT molecular complexity index is 335. The molecule has 5 nitrogen and oxygen atoms in total. The number of carbonyl (C=O) groups is 1. The van der Waals surface area contributed by atoms with Gasteiger partial charge in [-0.15, -0.1) is 0 Å². The second-order valence-electron chi connectivity index (χ2n) is 3.91. The molecule has 2 rings (SSSR count). The number of aromatic nitrogens is 2. The molecule has 0 saturated carbocycles. The van der Waals surface area contributed by atoms with Gasteiger partial charge in [-0.05, 0) is 32.0 Å². The Labute approximate surface area is 94.7 Å². The molecule has 1 aromatic heterocycles. The molecule has 1 aromatic rings. The highest BCUT2D eigenvalue weighted by molar-refractivity contribution is 5.78. The number of hydrogen-bond donors (Lipinski definition) is 2. The molecule has 1 aliphatic rings. The van der Waals surface area contributed by atoms with Crippen LogP contribution in [0, 0.1) is 5.92 Å². The SMILES string of the molecule is O=C(NCc1ncccn1)C1CCNCC1. The third-order valence-corrected chi connectivity index (χ3v) is 2.75. The van der Waals surface area contributed by atoms with E-state index in [0.29, 0.717) is 12.4 Å². The van der Waals surface area contributed by atoms with Crippen molar-refractivity contribution in [3.05, 3.63) is 24.3 Å². The molecule has 0 spiro atoms. The summed E-state index contributed by atoms with van der Waals surface area (Å²) in [5, 5.41) is 6.12. The Morgan fingerprint density at radius 2 is 2.06 bits per heavy atom. The molecular formula is C11H16N4O. The average molecular weight is 220 g/mol. The highest BCUT2D eigenvalue weighted by atomic mass is 16.1. The number of rotatable bonds is 3. The van der Waals surface area contributed by atoms with Crippen LogP contribution < -0.4 is 10.6 Å². The van der Waals surface area contributed by atoms with Gasteiger partial charge in [0.15, 0.2) is 0 Å². The third-order valence-electron chi connectivity index (χ3n) is 2.75. The van der Waals surface area contributed by atoms with Gasteiger partial charge in [-0.25, -0.2) is 9.97 Å². The van der Waals surface area contributed by atoms with E-state index in [1.807, 2.05) is 0 Å². The van der Waals surface area contributed by atoms with Crippen LogP contribution >= 0.6 is 0 Å². The van der Waals surface area contributed by atoms with Gasteiger partial charge in [0.05, 0.1) is 6.54 Å². The second kappa shape index (κ2) is 5.55. The van der Waals surface area contributed by atoms with E-state index in [1.165, 1.54) is 0 Å². The highest BCUT2D eigenvalue weighted by Gasteiger charge is 2.20. The fourth-order valence-electron chi connectivity index (χ4n) is 1.82. The van der Waals surface area contributed by atoms with Crippen LogP contribution in [-0.2, 0) is 11.3 Å². The molecule has 0 aromatic carbocycles. The highest BCUT2D eigenvalue weighted by Crippen LogP contribution is 2.11. The van der Waals surface area contributed by atoms with Crippen molar-refractivity contribution in [2.75, 3.05) is 13.1 Å². The van der Waals surface area contributed by atoms with Crippen molar-refractivity contribution in [3.63, 3.8) is 0 Å². The van der Waals surface area contributed by atoms with Crippen LogP contribution in [0.5, 0.6) is 0 Å². The number of hydrogen-bond acceptors (Lipinski definition) is 4. The third kappa shape index (κ3) is 3.00. The smallest absolute Gasteiger partial charge is 0.223 e. The van der Waals surface area contributed by atoms with Gasteiger partial charge in [0, 0.05) is 18.3 Å². The summed E-state index contributed by atoms with van der Waals surface area (Å²) in [5.41, 5.74) is 0. The summed E-state index contributed by atoms with van der Waals surface area (Å²) in [4.78, 5) is 19.9. The minimum Gasteiger partial charge on any atom is -0.349 e. The molecule has 86 valence electrons. The molecule has 1 saturated heterocycles. The summed E-state index contributed by atoms with van der Waals surface area (Å²) < 4.78 is 0. The van der Waals surface area contributed by atoms with Crippen molar-refractivity contribution in [2.45, 2.75) is 19.4 Å². The maximum Gasteiger partial charge on any atom is 0.223 e. The first-order valence-electron chi connectivity index (χ1n) is 5.60. The molecule has 1 amide bonds. The van der Waals surface area contributed by atoms with Crippen LogP contribution in [0.15, 0.2) is 18.5 Å². The Morgan fingerprint density at radius 3 is 2.75 bits per heavy atom. The van der Waals surface area contributed by atoms with Crippen molar-refractivity contribution in [1.82, 2.24) is 20.6 Å². The first-order chi connectivity index (χ1) is 7.86. The molecule has 16 heavy (non-hydrogen) atoms. The van der Waals surface area contributed by atoms with Crippen molar-refractivity contribution >= 4 is 5.91 Å². The Kier molecular flexibility index (Phi) is 3.82. The van der Waals surface area contributed by atoms with E-state index in [0.717, 1.165) is 25.9 Å². The van der Waals surface area contributed by atoms with Crippen molar-refractivity contribution in [1.29, 1.82) is 0 Å². The van der Waals surface area contributed by atoms with Gasteiger partial charge in [0.25, 0.3) is 0 Å². The molecule has 0 aliphatic carbocycles. The molecule has 5 heteroatoms. The topological polar surface area (TPSA) is 66.9 Å². The van der Waals surface area contributed by atoms with E-state index in [2.05, 4.69) is 20.6 Å². The zero-order valence-electron chi connectivity index (χ0n) is 9.15. The maximum absolute atomic E-state index is 11.8. The minimum absolute atomic E-state index is 0.119. The zero-order valence-corrected chi connectivity index (χ0v) is 9.15. The standard InChI is InChI=1S/C11H16N4O/c16-11(9-2-6-12-7-3-9)15-8-10-13-4-1-5-14-10/h1,4-5,9,12H,2-3,6-8H2,(H,15,16). The number of nitrogens with one attached hydrogen (secondary N) is 2. The van der Waals surface area contributed by atoms with E-state index >= 15 is 0 Å². The summed E-state index contributed by atoms with van der Waals surface area (Å²) in [6.45, 7) is 2.28. The summed E-state index contributed by atoms with van der Waals surface area (Å²) in [5.74, 6) is 0.920. The fraction of sp³-hybridized carbons (Fsp3) is 0.545. The van der Waals surface area contributed by atoms with Gasteiger partial charge in [0.2, 0.25) is 5.91 Å². The molecule has 1 aliphatic heterocycles. The van der Waals surface area contributed by atoms with Crippen LogP contribution in [0.25, 0.3) is 0 Å². The van der Waals surface area contributed by atoms with E-state index in [1.54, 1.807) is 18.5 Å². The number of nitrogens with zero attached hydrogens (tertiary/aromatic N) is 2. The van der Waals surface area contributed by atoms with Crippen LogP contribution in [-0.4, -0.2) is 29.0 Å². The second-order valence-corrected chi connectivity index (χ2v) is 3.91. The Balaban J connectivity index is 1.79. The van der Waals surface area contributed by atoms with Crippen molar-refractivity contribution < 1.29 is 4.79 Å². The van der Waals surface area contributed by atoms with Gasteiger partial charge >= 0.3 is 0 Å². The summed E-state index contributed by atoms with van der Waals surface area (Å²) in [7, 11) is 0. The van der Waals surface area contributed by atoms with Crippen molar-refractivity contribution in [3.8, 4) is 0 Å². The van der Waals surface area contributed by atoms with Gasteiger partial charge in [0.1, 0.15) is 5.82 Å². The van der Waals surface area contributed by atoms with Crippen LogP contribution in [0.2, 0.25) is 0 Å².